The Morgan fingerprint density at radius 2 is 1.96 bits per heavy atom. The summed E-state index contributed by atoms with van der Waals surface area (Å²) < 4.78 is 10.3. The Morgan fingerprint density at radius 1 is 1.32 bits per heavy atom. The summed E-state index contributed by atoms with van der Waals surface area (Å²) >= 11 is 0. The van der Waals surface area contributed by atoms with E-state index in [1.807, 2.05) is 0 Å². The van der Waals surface area contributed by atoms with Gasteiger partial charge in [0.15, 0.2) is 0 Å². The lowest BCUT2D eigenvalue weighted by atomic mass is 9.99. The highest BCUT2D eigenvalue weighted by Gasteiger charge is 2.70. The molecule has 2 fully saturated rings. The molecule has 0 bridgehead atoms. The Balaban J connectivity index is 2.15. The molecule has 0 aromatic carbocycles. The normalized spacial score (nSPS) is 26.1. The van der Waals surface area contributed by atoms with Crippen molar-refractivity contribution in [3.63, 3.8) is 0 Å². The largest absolute Gasteiger partial charge is 0.467 e. The van der Waals surface area contributed by atoms with Crippen LogP contribution < -0.4 is 5.32 Å². The standard InChI is InChI=1S/C21H34N2O5/c1-8-9-10-11-14(22-19(26)28-20(2,3)4)17(24)23-12-13-15(21(13,5)6)16(23)18(25)27-7/h8,13-16H,1,9-12H2,2-7H3,(H,22,26)/t13-,14-,15-,16-/m0/s1. The number of hydrogen-bond acceptors (Lipinski definition) is 5. The van der Waals surface area contributed by atoms with E-state index in [1.165, 1.54) is 7.11 Å². The predicted octanol–water partition coefficient (Wildman–Crippen LogP) is 2.89. The Hall–Kier alpha value is -2.05. The molecule has 2 aliphatic rings. The Kier molecular flexibility index (Phi) is 6.46. The number of unbranched alkanes of at least 4 members (excludes halogenated alkanes) is 1. The van der Waals surface area contributed by atoms with Gasteiger partial charge in [-0.2, -0.15) is 0 Å². The van der Waals surface area contributed by atoms with Gasteiger partial charge in [-0.05, 0) is 51.4 Å². The van der Waals surface area contributed by atoms with E-state index >= 15 is 0 Å². The zero-order chi connectivity index (χ0) is 21.3. The first-order valence-corrected chi connectivity index (χ1v) is 9.92. The van der Waals surface area contributed by atoms with Crippen molar-refractivity contribution in [2.24, 2.45) is 17.3 Å². The van der Waals surface area contributed by atoms with Crippen molar-refractivity contribution in [2.75, 3.05) is 13.7 Å². The maximum Gasteiger partial charge on any atom is 0.408 e. The van der Waals surface area contributed by atoms with E-state index in [2.05, 4.69) is 25.7 Å². The molecular weight excluding hydrogens is 360 g/mol. The lowest BCUT2D eigenvalue weighted by Gasteiger charge is -2.32. The van der Waals surface area contributed by atoms with Gasteiger partial charge in [-0.3, -0.25) is 4.79 Å². The van der Waals surface area contributed by atoms with Crippen LogP contribution in [0.4, 0.5) is 4.79 Å². The molecular formula is C21H34N2O5. The van der Waals surface area contributed by atoms with Gasteiger partial charge in [0, 0.05) is 12.5 Å². The molecule has 1 saturated carbocycles. The van der Waals surface area contributed by atoms with Gasteiger partial charge in [-0.25, -0.2) is 9.59 Å². The number of carbonyl (C=O) groups is 3. The fourth-order valence-corrected chi connectivity index (χ4v) is 4.28. The van der Waals surface area contributed by atoms with E-state index < -0.39 is 29.7 Å². The number of likely N-dealkylation sites (tertiary alicyclic amines) is 1. The Labute approximate surface area is 167 Å². The maximum atomic E-state index is 13.3. The molecule has 158 valence electrons. The maximum absolute atomic E-state index is 13.3. The molecule has 0 aromatic heterocycles. The fourth-order valence-electron chi connectivity index (χ4n) is 4.28. The number of methoxy groups -OCH3 is 1. The van der Waals surface area contributed by atoms with Gasteiger partial charge in [-0.1, -0.05) is 19.9 Å². The summed E-state index contributed by atoms with van der Waals surface area (Å²) in [5.74, 6) is -0.281. The number of alkyl carbamates (subject to hydrolysis) is 1. The lowest BCUT2D eigenvalue weighted by molar-refractivity contribution is -0.153. The summed E-state index contributed by atoms with van der Waals surface area (Å²) in [6.07, 6.45) is 3.03. The van der Waals surface area contributed by atoms with E-state index in [0.717, 1.165) is 6.42 Å². The molecule has 0 spiro atoms. The molecule has 28 heavy (non-hydrogen) atoms. The van der Waals surface area contributed by atoms with E-state index in [-0.39, 0.29) is 23.2 Å². The highest BCUT2D eigenvalue weighted by Crippen LogP contribution is 2.65. The molecule has 1 saturated heterocycles. The van der Waals surface area contributed by atoms with E-state index in [9.17, 15) is 14.4 Å². The minimum atomic E-state index is -0.748. The highest BCUT2D eigenvalue weighted by molar-refractivity contribution is 5.91. The number of esters is 1. The summed E-state index contributed by atoms with van der Waals surface area (Å²) in [4.78, 5) is 39.5. The van der Waals surface area contributed by atoms with Crippen molar-refractivity contribution in [3.8, 4) is 0 Å². The van der Waals surface area contributed by atoms with Crippen LogP contribution in [0.15, 0.2) is 12.7 Å². The van der Waals surface area contributed by atoms with E-state index in [0.29, 0.717) is 19.4 Å². The van der Waals surface area contributed by atoms with Crippen LogP contribution in [0.2, 0.25) is 0 Å². The smallest absolute Gasteiger partial charge is 0.408 e. The lowest BCUT2D eigenvalue weighted by Crippen LogP contribution is -2.54. The van der Waals surface area contributed by atoms with E-state index in [1.54, 1.807) is 31.7 Å². The van der Waals surface area contributed by atoms with Crippen LogP contribution in [0.3, 0.4) is 0 Å². The van der Waals surface area contributed by atoms with Crippen LogP contribution in [-0.4, -0.2) is 54.2 Å². The number of nitrogens with one attached hydrogen (secondary N) is 1. The first-order chi connectivity index (χ1) is 12.9. The van der Waals surface area contributed by atoms with Crippen LogP contribution in [0, 0.1) is 17.3 Å². The molecule has 4 atom stereocenters. The number of rotatable bonds is 7. The van der Waals surface area contributed by atoms with Gasteiger partial charge in [0.2, 0.25) is 5.91 Å². The number of nitrogens with zero attached hydrogens (tertiary/aromatic N) is 1. The summed E-state index contributed by atoms with van der Waals surface area (Å²) in [6, 6.07) is -1.34. The molecule has 1 heterocycles. The van der Waals surface area contributed by atoms with Gasteiger partial charge >= 0.3 is 12.1 Å². The minimum Gasteiger partial charge on any atom is -0.467 e. The second kappa shape index (κ2) is 8.13. The monoisotopic (exact) mass is 394 g/mol. The summed E-state index contributed by atoms with van der Waals surface area (Å²) in [6.45, 7) is 13.7. The number of amides is 2. The molecule has 0 radical (unpaired) electrons. The van der Waals surface area contributed by atoms with Crippen LogP contribution in [0.5, 0.6) is 0 Å². The zero-order valence-electron chi connectivity index (χ0n) is 17.9. The van der Waals surface area contributed by atoms with E-state index in [4.69, 9.17) is 9.47 Å². The second-order valence-electron chi connectivity index (χ2n) is 9.33. The summed E-state index contributed by atoms with van der Waals surface area (Å²) in [7, 11) is 1.34. The average molecular weight is 395 g/mol. The molecule has 0 aromatic rings. The summed E-state index contributed by atoms with van der Waals surface area (Å²) in [5.41, 5.74) is -0.640. The molecule has 0 unspecified atom stereocenters. The SMILES string of the molecule is C=CCCC[C@H](NC(=O)OC(C)(C)C)C(=O)N1C[C@H]2[C@@H]([C@H]1C(=O)OC)C2(C)C. The average Bonchev–Trinajstić information content (AvgIpc) is 2.94. The number of allylic oxidation sites excluding steroid dienone is 1. The molecule has 7 heteroatoms. The van der Waals surface area contributed by atoms with Crippen molar-refractivity contribution in [3.05, 3.63) is 12.7 Å². The molecule has 1 aliphatic carbocycles. The van der Waals surface area contributed by atoms with Crippen LogP contribution in [0.1, 0.15) is 53.9 Å². The topological polar surface area (TPSA) is 84.9 Å². The van der Waals surface area contributed by atoms with Crippen LogP contribution in [-0.2, 0) is 19.1 Å². The molecule has 2 amide bonds. The third-order valence-corrected chi connectivity index (χ3v) is 5.82. The number of ether oxygens (including phenoxy) is 2. The molecule has 7 nitrogen and oxygen atoms in total. The van der Waals surface area contributed by atoms with Gasteiger partial charge in [0.1, 0.15) is 17.7 Å². The third kappa shape index (κ3) is 4.67. The highest BCUT2D eigenvalue weighted by atomic mass is 16.6. The number of carbonyl (C=O) groups excluding carboxylic acids is 3. The van der Waals surface area contributed by atoms with Gasteiger partial charge in [0.05, 0.1) is 7.11 Å². The van der Waals surface area contributed by atoms with Crippen molar-refractivity contribution in [2.45, 2.75) is 71.6 Å². The number of hydrogen-bond donors (Lipinski definition) is 1. The van der Waals surface area contributed by atoms with Crippen molar-refractivity contribution in [1.82, 2.24) is 10.2 Å². The van der Waals surface area contributed by atoms with Crippen molar-refractivity contribution < 1.29 is 23.9 Å². The number of fused-ring (bicyclic) bond motifs is 1. The zero-order valence-corrected chi connectivity index (χ0v) is 17.9. The Morgan fingerprint density at radius 3 is 2.50 bits per heavy atom. The summed E-state index contributed by atoms with van der Waals surface area (Å²) in [5, 5.41) is 2.70. The van der Waals surface area contributed by atoms with Crippen LogP contribution in [0.25, 0.3) is 0 Å². The molecule has 1 aliphatic heterocycles. The minimum absolute atomic E-state index is 0.0204. The molecule has 2 rings (SSSR count). The third-order valence-electron chi connectivity index (χ3n) is 5.82. The fraction of sp³-hybridized carbons (Fsp3) is 0.762. The number of piperidine rings is 1. The van der Waals surface area contributed by atoms with Crippen LogP contribution >= 0.6 is 0 Å². The van der Waals surface area contributed by atoms with Gasteiger partial charge in [0.25, 0.3) is 0 Å². The Bertz CT molecular complexity index is 637. The van der Waals surface area contributed by atoms with Gasteiger partial charge < -0.3 is 19.7 Å². The van der Waals surface area contributed by atoms with Crippen molar-refractivity contribution >= 4 is 18.0 Å². The van der Waals surface area contributed by atoms with Gasteiger partial charge in [-0.15, -0.1) is 6.58 Å². The predicted molar refractivity (Wildman–Crippen MR) is 105 cm³/mol. The van der Waals surface area contributed by atoms with Crippen molar-refractivity contribution in [1.29, 1.82) is 0 Å². The first kappa shape index (κ1) is 22.2. The molecule has 1 N–H and O–H groups in total. The first-order valence-electron chi connectivity index (χ1n) is 9.92. The second-order valence-corrected chi connectivity index (χ2v) is 9.33. The quantitative estimate of drug-likeness (QED) is 0.408.